The van der Waals surface area contributed by atoms with Crippen LogP contribution in [0.3, 0.4) is 0 Å². The highest BCUT2D eigenvalue weighted by atomic mass is 127. The first-order chi connectivity index (χ1) is 7.75. The number of amides is 1. The molecule has 0 bridgehead atoms. The molecule has 1 aromatic rings. The molecule has 0 heterocycles. The van der Waals surface area contributed by atoms with Crippen molar-refractivity contribution >= 4 is 28.5 Å². The Morgan fingerprint density at radius 2 is 2.00 bits per heavy atom. The molecule has 16 heavy (non-hydrogen) atoms. The van der Waals surface area contributed by atoms with Gasteiger partial charge in [0.1, 0.15) is 0 Å². The summed E-state index contributed by atoms with van der Waals surface area (Å²) in [6.45, 7) is 0.807. The number of hydrogen-bond acceptors (Lipinski definition) is 1. The first kappa shape index (κ1) is 11.9. The standard InChI is InChI=1S/C13H16INO/c14-12-7-5-11(6-8-12)13(16)15-9-1-2-10-3-4-10/h5-8,10H,1-4,9H2,(H,15,16). The van der Waals surface area contributed by atoms with Crippen molar-refractivity contribution in [1.29, 1.82) is 0 Å². The smallest absolute Gasteiger partial charge is 0.251 e. The molecule has 1 saturated carbocycles. The van der Waals surface area contributed by atoms with Crippen LogP contribution in [0.2, 0.25) is 0 Å². The number of benzene rings is 1. The number of carbonyl (C=O) groups is 1. The summed E-state index contributed by atoms with van der Waals surface area (Å²) in [6.07, 6.45) is 5.17. The van der Waals surface area contributed by atoms with Crippen molar-refractivity contribution in [3.63, 3.8) is 0 Å². The fourth-order valence-corrected chi connectivity index (χ4v) is 2.06. The fraction of sp³-hybridized carbons (Fsp3) is 0.462. The zero-order valence-electron chi connectivity index (χ0n) is 9.21. The second-order valence-corrected chi connectivity index (χ2v) is 5.59. The van der Waals surface area contributed by atoms with Crippen molar-refractivity contribution in [2.24, 2.45) is 5.92 Å². The first-order valence-corrected chi connectivity index (χ1v) is 6.87. The molecule has 1 fully saturated rings. The second kappa shape index (κ2) is 5.66. The van der Waals surface area contributed by atoms with Crippen molar-refractivity contribution < 1.29 is 4.79 Å². The largest absolute Gasteiger partial charge is 0.352 e. The molecule has 0 saturated heterocycles. The molecule has 0 unspecified atom stereocenters. The Morgan fingerprint density at radius 1 is 1.31 bits per heavy atom. The van der Waals surface area contributed by atoms with Gasteiger partial charge in [-0.15, -0.1) is 0 Å². The highest BCUT2D eigenvalue weighted by molar-refractivity contribution is 14.1. The fourth-order valence-electron chi connectivity index (χ4n) is 1.70. The maximum Gasteiger partial charge on any atom is 0.251 e. The average molecular weight is 329 g/mol. The molecule has 1 aromatic carbocycles. The predicted molar refractivity (Wildman–Crippen MR) is 73.5 cm³/mol. The lowest BCUT2D eigenvalue weighted by Gasteiger charge is -2.04. The molecule has 0 atom stereocenters. The van der Waals surface area contributed by atoms with Gasteiger partial charge in [-0.3, -0.25) is 4.79 Å². The summed E-state index contributed by atoms with van der Waals surface area (Å²) < 4.78 is 1.16. The summed E-state index contributed by atoms with van der Waals surface area (Å²) in [5, 5.41) is 2.96. The van der Waals surface area contributed by atoms with Crippen LogP contribution in [0.1, 0.15) is 36.0 Å². The van der Waals surface area contributed by atoms with Gasteiger partial charge in [-0.05, 0) is 65.6 Å². The van der Waals surface area contributed by atoms with E-state index in [1.54, 1.807) is 0 Å². The topological polar surface area (TPSA) is 29.1 Å². The van der Waals surface area contributed by atoms with E-state index in [2.05, 4.69) is 27.9 Å². The minimum absolute atomic E-state index is 0.0483. The summed E-state index contributed by atoms with van der Waals surface area (Å²) in [5.41, 5.74) is 0.756. The van der Waals surface area contributed by atoms with Crippen LogP contribution in [-0.4, -0.2) is 12.5 Å². The van der Waals surface area contributed by atoms with Crippen LogP contribution in [0.15, 0.2) is 24.3 Å². The Morgan fingerprint density at radius 3 is 2.62 bits per heavy atom. The number of rotatable bonds is 5. The summed E-state index contributed by atoms with van der Waals surface area (Å²) in [7, 11) is 0. The Balaban J connectivity index is 1.71. The highest BCUT2D eigenvalue weighted by Crippen LogP contribution is 2.33. The van der Waals surface area contributed by atoms with E-state index in [4.69, 9.17) is 0 Å². The lowest BCUT2D eigenvalue weighted by atomic mass is 10.2. The van der Waals surface area contributed by atoms with Crippen LogP contribution in [0.4, 0.5) is 0 Å². The quantitative estimate of drug-likeness (QED) is 0.652. The van der Waals surface area contributed by atoms with Crippen molar-refractivity contribution in [2.45, 2.75) is 25.7 Å². The number of halogens is 1. The third-order valence-electron chi connectivity index (χ3n) is 2.88. The van der Waals surface area contributed by atoms with E-state index < -0.39 is 0 Å². The lowest BCUT2D eigenvalue weighted by Crippen LogP contribution is -2.24. The normalized spacial score (nSPS) is 14.8. The first-order valence-electron chi connectivity index (χ1n) is 5.79. The van der Waals surface area contributed by atoms with Gasteiger partial charge in [0.15, 0.2) is 0 Å². The molecule has 86 valence electrons. The third-order valence-corrected chi connectivity index (χ3v) is 3.60. The minimum atomic E-state index is 0.0483. The van der Waals surface area contributed by atoms with Crippen molar-refractivity contribution in [3.8, 4) is 0 Å². The second-order valence-electron chi connectivity index (χ2n) is 4.35. The zero-order valence-corrected chi connectivity index (χ0v) is 11.4. The summed E-state index contributed by atoms with van der Waals surface area (Å²) >= 11 is 2.24. The Bertz CT molecular complexity index is 357. The van der Waals surface area contributed by atoms with E-state index in [-0.39, 0.29) is 5.91 Å². The van der Waals surface area contributed by atoms with Gasteiger partial charge >= 0.3 is 0 Å². The van der Waals surface area contributed by atoms with Crippen molar-refractivity contribution in [1.82, 2.24) is 5.32 Å². The molecular formula is C13H16INO. The van der Waals surface area contributed by atoms with Crippen LogP contribution in [0, 0.1) is 9.49 Å². The molecule has 0 aliphatic heterocycles. The molecule has 0 radical (unpaired) electrons. The summed E-state index contributed by atoms with van der Waals surface area (Å²) in [4.78, 5) is 11.7. The molecule has 0 aromatic heterocycles. The van der Waals surface area contributed by atoms with E-state index in [1.807, 2.05) is 24.3 Å². The van der Waals surface area contributed by atoms with Crippen LogP contribution in [0.25, 0.3) is 0 Å². The Hall–Kier alpha value is -0.580. The molecule has 0 spiro atoms. The van der Waals surface area contributed by atoms with Gasteiger partial charge in [0, 0.05) is 15.7 Å². The molecular weight excluding hydrogens is 313 g/mol. The van der Waals surface area contributed by atoms with Gasteiger partial charge in [-0.1, -0.05) is 12.8 Å². The van der Waals surface area contributed by atoms with Gasteiger partial charge in [-0.2, -0.15) is 0 Å². The van der Waals surface area contributed by atoms with Crippen molar-refractivity contribution in [3.05, 3.63) is 33.4 Å². The lowest BCUT2D eigenvalue weighted by molar-refractivity contribution is 0.0953. The monoisotopic (exact) mass is 329 g/mol. The summed E-state index contributed by atoms with van der Waals surface area (Å²) in [6, 6.07) is 7.66. The molecule has 1 aliphatic rings. The van der Waals surface area contributed by atoms with Gasteiger partial charge in [0.05, 0.1) is 0 Å². The Labute approximate surface area is 110 Å². The maximum atomic E-state index is 11.7. The van der Waals surface area contributed by atoms with Crippen molar-refractivity contribution in [2.75, 3.05) is 6.54 Å². The van der Waals surface area contributed by atoms with Gasteiger partial charge < -0.3 is 5.32 Å². The molecule has 2 rings (SSSR count). The maximum absolute atomic E-state index is 11.7. The van der Waals surface area contributed by atoms with E-state index in [1.165, 1.54) is 19.3 Å². The minimum Gasteiger partial charge on any atom is -0.352 e. The van der Waals surface area contributed by atoms with E-state index in [9.17, 15) is 4.79 Å². The zero-order chi connectivity index (χ0) is 11.4. The third kappa shape index (κ3) is 3.77. The van der Waals surface area contributed by atoms with Crippen LogP contribution < -0.4 is 5.32 Å². The van der Waals surface area contributed by atoms with E-state index in [0.717, 1.165) is 28.0 Å². The SMILES string of the molecule is O=C(NCCCC1CC1)c1ccc(I)cc1. The van der Waals surface area contributed by atoms with Gasteiger partial charge in [0.2, 0.25) is 0 Å². The van der Waals surface area contributed by atoms with E-state index >= 15 is 0 Å². The molecule has 1 N–H and O–H groups in total. The number of carbonyl (C=O) groups excluding carboxylic acids is 1. The average Bonchev–Trinajstić information content (AvgIpc) is 3.09. The summed E-state index contributed by atoms with van der Waals surface area (Å²) in [5.74, 6) is 1.00. The van der Waals surface area contributed by atoms with Crippen LogP contribution in [-0.2, 0) is 0 Å². The predicted octanol–water partition coefficient (Wildman–Crippen LogP) is 3.21. The molecule has 3 heteroatoms. The van der Waals surface area contributed by atoms with Gasteiger partial charge in [0.25, 0.3) is 5.91 Å². The highest BCUT2D eigenvalue weighted by Gasteiger charge is 2.20. The molecule has 1 amide bonds. The van der Waals surface area contributed by atoms with Crippen LogP contribution in [0.5, 0.6) is 0 Å². The number of nitrogens with one attached hydrogen (secondary N) is 1. The Kier molecular flexibility index (Phi) is 4.21. The van der Waals surface area contributed by atoms with Crippen LogP contribution >= 0.6 is 22.6 Å². The van der Waals surface area contributed by atoms with E-state index in [0.29, 0.717) is 0 Å². The number of hydrogen-bond donors (Lipinski definition) is 1. The molecule has 2 nitrogen and oxygen atoms in total. The van der Waals surface area contributed by atoms with Gasteiger partial charge in [-0.25, -0.2) is 0 Å². The molecule has 1 aliphatic carbocycles.